The molecule has 9 aromatic carbocycles. The number of rotatable bonds is 5. The Morgan fingerprint density at radius 2 is 1.03 bits per heavy atom. The van der Waals surface area contributed by atoms with Gasteiger partial charge in [-0.3, -0.25) is 0 Å². The Bertz CT molecular complexity index is 3800. The zero-order valence-electron chi connectivity index (χ0n) is 35.8. The maximum atomic E-state index is 8.89. The SMILES string of the molecule is [2H]c1c([2H])c([2H])c(-c2nc(-c3ccccc3)nc(-c3cc(-n4c5ccccc5c5ccccc54)cc4c3oc3ccc(-c5ccc6c(ccc7ccccc76)c5)cc34)n2)c([2H])c1[2H]. The molecule has 5 heteroatoms. The summed E-state index contributed by atoms with van der Waals surface area (Å²) in [7, 11) is 0. The van der Waals surface area contributed by atoms with Crippen molar-refractivity contribution in [1.82, 2.24) is 19.5 Å². The summed E-state index contributed by atoms with van der Waals surface area (Å²) in [5, 5.41) is 8.70. The molecule has 0 N–H and O–H groups in total. The van der Waals surface area contributed by atoms with Gasteiger partial charge in [0.1, 0.15) is 11.2 Å². The Kier molecular flexibility index (Phi) is 6.12. The van der Waals surface area contributed by atoms with Crippen molar-refractivity contribution in [2.75, 3.05) is 0 Å². The van der Waals surface area contributed by atoms with Gasteiger partial charge < -0.3 is 8.98 Å². The fraction of sp³-hybridized carbons (Fsp3) is 0. The number of furan rings is 1. The van der Waals surface area contributed by atoms with Crippen LogP contribution in [-0.4, -0.2) is 19.5 Å². The lowest BCUT2D eigenvalue weighted by Gasteiger charge is -2.12. The van der Waals surface area contributed by atoms with Crippen LogP contribution < -0.4 is 0 Å². The van der Waals surface area contributed by atoms with Crippen molar-refractivity contribution in [1.29, 1.82) is 0 Å². The minimum Gasteiger partial charge on any atom is -0.455 e. The zero-order valence-corrected chi connectivity index (χ0v) is 30.8. The van der Waals surface area contributed by atoms with Crippen LogP contribution in [0.3, 0.4) is 0 Å². The predicted molar refractivity (Wildman–Crippen MR) is 238 cm³/mol. The van der Waals surface area contributed by atoms with Crippen LogP contribution in [0.25, 0.3) is 116 Å². The molecule has 0 saturated carbocycles. The summed E-state index contributed by atoms with van der Waals surface area (Å²) in [6.07, 6.45) is 0. The summed E-state index contributed by atoms with van der Waals surface area (Å²) >= 11 is 0. The van der Waals surface area contributed by atoms with Crippen LogP contribution in [0.15, 0.2) is 198 Å². The Labute approximate surface area is 340 Å². The third-order valence-corrected chi connectivity index (χ3v) is 11.1. The van der Waals surface area contributed by atoms with E-state index >= 15 is 0 Å². The second kappa shape index (κ2) is 12.8. The number of fused-ring (bicyclic) bond motifs is 9. The standard InChI is InChI=1S/C53H32N4O/c1-3-14-34(15-4-1)51-54-52(35-16-5-2-6-17-35)56-53(55-51)46-32-39(57-47-21-11-9-19-42(47)43-20-10-12-22-48(43)57)31-45-44-30-37(26-28-49(44)58-50(45)46)36-25-27-41-38(29-36)24-23-33-13-7-8-18-40(33)41/h1-32H/i1D,3D,4D,14D,15D. The van der Waals surface area contributed by atoms with Crippen molar-refractivity contribution in [2.24, 2.45) is 0 Å². The molecule has 58 heavy (non-hydrogen) atoms. The molecule has 0 amide bonds. The normalized spacial score (nSPS) is 13.0. The molecule has 0 spiro atoms. The van der Waals surface area contributed by atoms with E-state index in [0.29, 0.717) is 22.3 Å². The second-order valence-corrected chi connectivity index (χ2v) is 14.4. The maximum absolute atomic E-state index is 8.89. The molecule has 5 nitrogen and oxygen atoms in total. The van der Waals surface area contributed by atoms with Gasteiger partial charge in [-0.05, 0) is 75.1 Å². The van der Waals surface area contributed by atoms with Gasteiger partial charge in [0, 0.05) is 38.4 Å². The summed E-state index contributed by atoms with van der Waals surface area (Å²) in [5.74, 6) is 0.452. The van der Waals surface area contributed by atoms with Gasteiger partial charge in [0.15, 0.2) is 17.5 Å². The molecule has 0 atom stereocenters. The molecule has 12 aromatic rings. The number of para-hydroxylation sites is 2. The molecule has 0 aliphatic rings. The fourth-order valence-corrected chi connectivity index (χ4v) is 8.42. The molecule has 0 fully saturated rings. The van der Waals surface area contributed by atoms with Gasteiger partial charge in [0.2, 0.25) is 0 Å². The lowest BCUT2D eigenvalue weighted by atomic mass is 9.96. The first-order valence-electron chi connectivity index (χ1n) is 21.6. The summed E-state index contributed by atoms with van der Waals surface area (Å²) in [5.41, 5.74) is 7.28. The molecular formula is C53H32N4O. The number of hydrogen-bond acceptors (Lipinski definition) is 4. The van der Waals surface area contributed by atoms with Crippen LogP contribution in [0.5, 0.6) is 0 Å². The molecule has 0 bridgehead atoms. The Morgan fingerprint density at radius 1 is 0.414 bits per heavy atom. The second-order valence-electron chi connectivity index (χ2n) is 14.4. The van der Waals surface area contributed by atoms with E-state index in [1.807, 2.05) is 66.7 Å². The first kappa shape index (κ1) is 27.7. The first-order chi connectivity index (χ1) is 30.8. The smallest absolute Gasteiger partial charge is 0.167 e. The fourth-order valence-electron chi connectivity index (χ4n) is 8.42. The van der Waals surface area contributed by atoms with Gasteiger partial charge in [-0.1, -0.05) is 152 Å². The van der Waals surface area contributed by atoms with Crippen molar-refractivity contribution >= 4 is 65.3 Å². The molecule has 0 aliphatic heterocycles. The Hall–Kier alpha value is -7.89. The maximum Gasteiger partial charge on any atom is 0.167 e. The van der Waals surface area contributed by atoms with Crippen LogP contribution in [-0.2, 0) is 0 Å². The average molecular weight is 746 g/mol. The number of aromatic nitrogens is 4. The number of benzene rings is 9. The third kappa shape index (κ3) is 5.14. The van der Waals surface area contributed by atoms with E-state index in [-0.39, 0.29) is 23.0 Å². The largest absolute Gasteiger partial charge is 0.455 e. The highest BCUT2D eigenvalue weighted by molar-refractivity contribution is 6.14. The van der Waals surface area contributed by atoms with E-state index in [0.717, 1.165) is 54.8 Å². The van der Waals surface area contributed by atoms with Crippen LogP contribution in [0.1, 0.15) is 6.85 Å². The molecule has 12 rings (SSSR count). The summed E-state index contributed by atoms with van der Waals surface area (Å²) in [4.78, 5) is 14.8. The van der Waals surface area contributed by atoms with E-state index in [1.54, 1.807) is 0 Å². The third-order valence-electron chi connectivity index (χ3n) is 11.1. The minimum atomic E-state index is -0.495. The van der Waals surface area contributed by atoms with Crippen molar-refractivity contribution < 1.29 is 11.3 Å². The van der Waals surface area contributed by atoms with Gasteiger partial charge in [-0.2, -0.15) is 0 Å². The van der Waals surface area contributed by atoms with E-state index in [4.69, 9.17) is 26.2 Å². The molecule has 270 valence electrons. The summed E-state index contributed by atoms with van der Waals surface area (Å²) in [6.45, 7) is 0. The van der Waals surface area contributed by atoms with Crippen molar-refractivity contribution in [2.45, 2.75) is 0 Å². The lowest BCUT2D eigenvalue weighted by molar-refractivity contribution is 0.669. The van der Waals surface area contributed by atoms with Gasteiger partial charge in [-0.15, -0.1) is 0 Å². The molecule has 0 unspecified atom stereocenters. The van der Waals surface area contributed by atoms with Gasteiger partial charge in [-0.25, -0.2) is 15.0 Å². The van der Waals surface area contributed by atoms with Gasteiger partial charge >= 0.3 is 0 Å². The molecule has 0 saturated heterocycles. The minimum absolute atomic E-state index is 0.0475. The molecular weight excluding hydrogens is 709 g/mol. The topological polar surface area (TPSA) is 56.7 Å². The lowest BCUT2D eigenvalue weighted by Crippen LogP contribution is -2.01. The van der Waals surface area contributed by atoms with E-state index < -0.39 is 30.2 Å². The van der Waals surface area contributed by atoms with E-state index in [2.05, 4.69) is 102 Å². The van der Waals surface area contributed by atoms with Gasteiger partial charge in [0.05, 0.1) is 23.5 Å². The average Bonchev–Trinajstić information content (AvgIpc) is 3.88. The molecule has 3 heterocycles. The molecule has 0 aliphatic carbocycles. The summed E-state index contributed by atoms with van der Waals surface area (Å²) < 4.78 is 52.1. The highest BCUT2D eigenvalue weighted by Gasteiger charge is 2.22. The number of nitrogens with zero attached hydrogens (tertiary/aromatic N) is 4. The van der Waals surface area contributed by atoms with E-state index in [1.165, 1.54) is 16.2 Å². The van der Waals surface area contributed by atoms with E-state index in [9.17, 15) is 0 Å². The molecule has 0 radical (unpaired) electrons. The van der Waals surface area contributed by atoms with Crippen LogP contribution in [0.2, 0.25) is 0 Å². The highest BCUT2D eigenvalue weighted by atomic mass is 16.3. The summed E-state index contributed by atoms with van der Waals surface area (Å²) in [6, 6.07) is 53.6. The van der Waals surface area contributed by atoms with Crippen molar-refractivity contribution in [3.63, 3.8) is 0 Å². The van der Waals surface area contributed by atoms with Crippen molar-refractivity contribution in [3.05, 3.63) is 194 Å². The molecule has 3 aromatic heterocycles. The highest BCUT2D eigenvalue weighted by Crippen LogP contribution is 2.42. The number of hydrogen-bond donors (Lipinski definition) is 0. The van der Waals surface area contributed by atoms with Crippen LogP contribution >= 0.6 is 0 Å². The van der Waals surface area contributed by atoms with Crippen LogP contribution in [0.4, 0.5) is 0 Å². The first-order valence-corrected chi connectivity index (χ1v) is 19.1. The Morgan fingerprint density at radius 3 is 1.83 bits per heavy atom. The van der Waals surface area contributed by atoms with Crippen LogP contribution in [0, 0.1) is 0 Å². The zero-order chi connectivity index (χ0) is 42.5. The van der Waals surface area contributed by atoms with Gasteiger partial charge in [0.25, 0.3) is 0 Å². The monoisotopic (exact) mass is 745 g/mol. The predicted octanol–water partition coefficient (Wildman–Crippen LogP) is 13.8. The Balaban J connectivity index is 1.15. The van der Waals surface area contributed by atoms with Crippen molar-refractivity contribution in [3.8, 4) is 51.0 Å². The quantitative estimate of drug-likeness (QED) is 0.165.